The summed E-state index contributed by atoms with van der Waals surface area (Å²) >= 11 is 1.66. The molecule has 1 aromatic heterocycles. The van der Waals surface area contributed by atoms with Crippen molar-refractivity contribution >= 4 is 17.2 Å². The van der Waals surface area contributed by atoms with Crippen LogP contribution in [0.1, 0.15) is 49.2 Å². The molecule has 1 saturated carbocycles. The Morgan fingerprint density at radius 2 is 2.26 bits per heavy atom. The monoisotopic (exact) mass is 280 g/mol. The fourth-order valence-electron chi connectivity index (χ4n) is 3.05. The number of thiazole rings is 1. The fourth-order valence-corrected chi connectivity index (χ4v) is 4.06. The van der Waals surface area contributed by atoms with E-state index in [0.29, 0.717) is 6.61 Å². The smallest absolute Gasteiger partial charge is 0.249 e. The van der Waals surface area contributed by atoms with Crippen molar-refractivity contribution < 1.29 is 9.53 Å². The summed E-state index contributed by atoms with van der Waals surface area (Å²) in [7, 11) is 0. The number of nitrogens with one attached hydrogen (secondary N) is 1. The molecule has 0 spiro atoms. The molecule has 1 atom stereocenters. The first kappa shape index (κ1) is 13.1. The molecule has 1 unspecified atom stereocenters. The zero-order chi connectivity index (χ0) is 13.3. The Bertz CT molecular complexity index is 460. The molecule has 2 fully saturated rings. The molecule has 3 rings (SSSR count). The molecular formula is C14H20N2O2S. The lowest BCUT2D eigenvalue weighted by Crippen LogP contribution is -2.47. The predicted molar refractivity (Wildman–Crippen MR) is 74.1 cm³/mol. The minimum Gasteiger partial charge on any atom is -0.368 e. The molecule has 2 aliphatic rings. The minimum absolute atomic E-state index is 0.0484. The maximum absolute atomic E-state index is 12.3. The first-order valence-corrected chi connectivity index (χ1v) is 7.94. The second kappa shape index (κ2) is 5.21. The zero-order valence-corrected chi connectivity index (χ0v) is 12.1. The molecule has 1 saturated heterocycles. The molecule has 1 aliphatic heterocycles. The number of hydrogen-bond donors (Lipinski definition) is 1. The highest BCUT2D eigenvalue weighted by atomic mass is 32.1. The van der Waals surface area contributed by atoms with Crippen LogP contribution in [-0.4, -0.2) is 23.6 Å². The maximum atomic E-state index is 12.3. The Hall–Kier alpha value is -0.940. The maximum Gasteiger partial charge on any atom is 0.249 e. The molecule has 1 aromatic rings. The van der Waals surface area contributed by atoms with Gasteiger partial charge in [0.2, 0.25) is 5.91 Å². The van der Waals surface area contributed by atoms with Crippen molar-refractivity contribution in [1.29, 1.82) is 0 Å². The van der Waals surface area contributed by atoms with Gasteiger partial charge >= 0.3 is 0 Å². The number of hydrogen-bond acceptors (Lipinski definition) is 4. The van der Waals surface area contributed by atoms with Crippen LogP contribution < -0.4 is 5.32 Å². The van der Waals surface area contributed by atoms with Crippen molar-refractivity contribution in [2.24, 2.45) is 0 Å². The number of amides is 1. The summed E-state index contributed by atoms with van der Waals surface area (Å²) in [5.41, 5.74) is 0.805. The van der Waals surface area contributed by atoms with Gasteiger partial charge in [0.05, 0.1) is 5.54 Å². The lowest BCUT2D eigenvalue weighted by Gasteiger charge is -2.29. The van der Waals surface area contributed by atoms with Crippen molar-refractivity contribution in [3.8, 4) is 0 Å². The van der Waals surface area contributed by atoms with Gasteiger partial charge in [0.1, 0.15) is 11.1 Å². The van der Waals surface area contributed by atoms with E-state index in [2.05, 4.69) is 15.7 Å². The topological polar surface area (TPSA) is 51.2 Å². The van der Waals surface area contributed by atoms with Gasteiger partial charge in [-0.3, -0.25) is 4.79 Å². The molecule has 1 N–H and O–H groups in total. The molecule has 104 valence electrons. The number of carbonyl (C=O) groups excluding carboxylic acids is 1. The third-order valence-corrected chi connectivity index (χ3v) is 5.23. The average molecular weight is 280 g/mol. The summed E-state index contributed by atoms with van der Waals surface area (Å²) in [4.78, 5) is 16.9. The van der Waals surface area contributed by atoms with Crippen molar-refractivity contribution in [2.45, 2.75) is 57.1 Å². The fraction of sp³-hybridized carbons (Fsp3) is 0.714. The lowest BCUT2D eigenvalue weighted by molar-refractivity contribution is -0.132. The summed E-state index contributed by atoms with van der Waals surface area (Å²) in [6.07, 6.45) is 5.89. The number of nitrogens with zero attached hydrogens (tertiary/aromatic N) is 1. The minimum atomic E-state index is -0.251. The van der Waals surface area contributed by atoms with E-state index < -0.39 is 0 Å². The summed E-state index contributed by atoms with van der Waals surface area (Å²) in [5, 5.41) is 6.37. The molecule has 0 bridgehead atoms. The number of aromatic nitrogens is 1. The number of carbonyl (C=O) groups is 1. The highest BCUT2D eigenvalue weighted by Gasteiger charge is 2.41. The molecule has 1 aliphatic carbocycles. The van der Waals surface area contributed by atoms with Gasteiger partial charge in [-0.15, -0.1) is 11.3 Å². The van der Waals surface area contributed by atoms with Gasteiger partial charge in [-0.1, -0.05) is 12.8 Å². The van der Waals surface area contributed by atoms with E-state index >= 15 is 0 Å². The van der Waals surface area contributed by atoms with E-state index in [9.17, 15) is 4.79 Å². The summed E-state index contributed by atoms with van der Waals surface area (Å²) in [6.45, 7) is 2.71. The standard InChI is InChI=1S/C14H20N2O2S/c1-10-9-19-13(15-10)14(6-2-3-7-14)16-12(17)11-5-4-8-18-11/h9,11H,2-8H2,1H3,(H,16,17). The van der Waals surface area contributed by atoms with Crippen LogP contribution in [-0.2, 0) is 15.1 Å². The highest BCUT2D eigenvalue weighted by molar-refractivity contribution is 7.09. The first-order valence-electron chi connectivity index (χ1n) is 7.06. The Kier molecular flexibility index (Phi) is 3.58. The Morgan fingerprint density at radius 1 is 1.47 bits per heavy atom. The summed E-state index contributed by atoms with van der Waals surface area (Å²) in [5.74, 6) is 0.0484. The molecule has 4 nitrogen and oxygen atoms in total. The zero-order valence-electron chi connectivity index (χ0n) is 11.3. The van der Waals surface area contributed by atoms with Crippen LogP contribution in [0.25, 0.3) is 0 Å². The van der Waals surface area contributed by atoms with Gasteiger partial charge in [0, 0.05) is 17.7 Å². The normalized spacial score (nSPS) is 25.6. The van der Waals surface area contributed by atoms with E-state index in [1.165, 1.54) is 0 Å². The van der Waals surface area contributed by atoms with Crippen molar-refractivity contribution in [1.82, 2.24) is 10.3 Å². The van der Waals surface area contributed by atoms with Crippen LogP contribution >= 0.6 is 11.3 Å². The van der Waals surface area contributed by atoms with Gasteiger partial charge in [-0.05, 0) is 32.6 Å². The third kappa shape index (κ3) is 2.54. The summed E-state index contributed by atoms with van der Waals surface area (Å²) in [6, 6.07) is 0. The summed E-state index contributed by atoms with van der Waals surface area (Å²) < 4.78 is 5.48. The molecular weight excluding hydrogens is 260 g/mol. The van der Waals surface area contributed by atoms with Gasteiger partial charge in [-0.25, -0.2) is 4.98 Å². The highest BCUT2D eigenvalue weighted by Crippen LogP contribution is 2.40. The molecule has 2 heterocycles. The largest absolute Gasteiger partial charge is 0.368 e. The van der Waals surface area contributed by atoms with E-state index in [1.54, 1.807) is 11.3 Å². The van der Waals surface area contributed by atoms with Crippen molar-refractivity contribution in [3.05, 3.63) is 16.1 Å². The average Bonchev–Trinajstić information content (AvgIpc) is 3.08. The van der Waals surface area contributed by atoms with Crippen LogP contribution in [0.5, 0.6) is 0 Å². The first-order chi connectivity index (χ1) is 9.20. The lowest BCUT2D eigenvalue weighted by atomic mass is 9.97. The van der Waals surface area contributed by atoms with Crippen molar-refractivity contribution in [2.75, 3.05) is 6.61 Å². The van der Waals surface area contributed by atoms with E-state index in [0.717, 1.165) is 49.2 Å². The molecule has 19 heavy (non-hydrogen) atoms. The van der Waals surface area contributed by atoms with E-state index in [-0.39, 0.29) is 17.6 Å². The van der Waals surface area contributed by atoms with E-state index in [1.807, 2.05) is 6.92 Å². The third-order valence-electron chi connectivity index (χ3n) is 4.07. The molecule has 5 heteroatoms. The number of rotatable bonds is 3. The Balaban J connectivity index is 1.78. The van der Waals surface area contributed by atoms with Gasteiger partial charge in [0.15, 0.2) is 0 Å². The second-order valence-electron chi connectivity index (χ2n) is 5.57. The van der Waals surface area contributed by atoms with Crippen LogP contribution in [0, 0.1) is 6.92 Å². The van der Waals surface area contributed by atoms with Crippen LogP contribution in [0.4, 0.5) is 0 Å². The van der Waals surface area contributed by atoms with E-state index in [4.69, 9.17) is 4.74 Å². The van der Waals surface area contributed by atoms with Crippen LogP contribution in [0.2, 0.25) is 0 Å². The Labute approximate surface area is 117 Å². The predicted octanol–water partition coefficient (Wildman–Crippen LogP) is 2.52. The number of aryl methyl sites for hydroxylation is 1. The SMILES string of the molecule is Cc1csc(C2(NC(=O)C3CCCO3)CCCC2)n1. The van der Waals surface area contributed by atoms with Crippen molar-refractivity contribution in [3.63, 3.8) is 0 Å². The van der Waals surface area contributed by atoms with Gasteiger partial charge in [-0.2, -0.15) is 0 Å². The molecule has 0 aromatic carbocycles. The quantitative estimate of drug-likeness (QED) is 0.925. The second-order valence-corrected chi connectivity index (χ2v) is 6.43. The van der Waals surface area contributed by atoms with Gasteiger partial charge < -0.3 is 10.1 Å². The van der Waals surface area contributed by atoms with Gasteiger partial charge in [0.25, 0.3) is 0 Å². The molecule has 1 amide bonds. The van der Waals surface area contributed by atoms with Crippen LogP contribution in [0.15, 0.2) is 5.38 Å². The van der Waals surface area contributed by atoms with Crippen LogP contribution in [0.3, 0.4) is 0 Å². The Morgan fingerprint density at radius 3 is 2.84 bits per heavy atom. The molecule has 0 radical (unpaired) electrons. The number of ether oxygens (including phenoxy) is 1.